The summed E-state index contributed by atoms with van der Waals surface area (Å²) >= 11 is 0. The lowest BCUT2D eigenvalue weighted by Gasteiger charge is -1.99. The van der Waals surface area contributed by atoms with E-state index in [0.717, 1.165) is 6.42 Å². The SMILES string of the molecule is CCCCCCCC#CCOC(C)O. The Morgan fingerprint density at radius 2 is 1.86 bits per heavy atom. The first-order valence-electron chi connectivity index (χ1n) is 5.52. The minimum Gasteiger partial charge on any atom is -0.368 e. The van der Waals surface area contributed by atoms with Crippen molar-refractivity contribution < 1.29 is 9.84 Å². The molecule has 82 valence electrons. The van der Waals surface area contributed by atoms with Gasteiger partial charge in [-0.25, -0.2) is 0 Å². The van der Waals surface area contributed by atoms with Crippen molar-refractivity contribution >= 4 is 0 Å². The highest BCUT2D eigenvalue weighted by molar-refractivity contribution is 4.98. The van der Waals surface area contributed by atoms with Gasteiger partial charge in [-0.1, -0.05) is 38.5 Å². The molecular formula is C12H22O2. The number of hydrogen-bond acceptors (Lipinski definition) is 2. The van der Waals surface area contributed by atoms with E-state index in [0.29, 0.717) is 6.61 Å². The molecule has 0 aromatic heterocycles. The number of hydrogen-bond donors (Lipinski definition) is 1. The largest absolute Gasteiger partial charge is 0.368 e. The van der Waals surface area contributed by atoms with Crippen molar-refractivity contribution in [3.8, 4) is 11.8 Å². The first-order chi connectivity index (χ1) is 6.77. The number of rotatable bonds is 7. The third-order valence-electron chi connectivity index (χ3n) is 1.93. The molecule has 2 nitrogen and oxygen atoms in total. The van der Waals surface area contributed by atoms with E-state index >= 15 is 0 Å². The highest BCUT2D eigenvalue weighted by Gasteiger charge is 1.89. The normalized spacial score (nSPS) is 11.9. The average molecular weight is 198 g/mol. The van der Waals surface area contributed by atoms with Gasteiger partial charge in [-0.3, -0.25) is 0 Å². The van der Waals surface area contributed by atoms with Gasteiger partial charge in [0.15, 0.2) is 6.29 Å². The highest BCUT2D eigenvalue weighted by atomic mass is 16.6. The standard InChI is InChI=1S/C12H22O2/c1-3-4-5-6-7-8-9-10-11-14-12(2)13/h12-13H,3-8,11H2,1-2H3. The zero-order valence-corrected chi connectivity index (χ0v) is 9.38. The van der Waals surface area contributed by atoms with Crippen LogP contribution in [-0.2, 0) is 4.74 Å². The second-order valence-electron chi connectivity index (χ2n) is 3.43. The summed E-state index contributed by atoms with van der Waals surface area (Å²) in [5, 5.41) is 8.76. The van der Waals surface area contributed by atoms with Crippen molar-refractivity contribution in [2.75, 3.05) is 6.61 Å². The van der Waals surface area contributed by atoms with Gasteiger partial charge in [-0.15, -0.1) is 5.92 Å². The molecule has 0 radical (unpaired) electrons. The number of aliphatic hydroxyl groups is 1. The van der Waals surface area contributed by atoms with Crippen molar-refractivity contribution in [1.29, 1.82) is 0 Å². The molecule has 0 spiro atoms. The van der Waals surface area contributed by atoms with Crippen LogP contribution >= 0.6 is 0 Å². The smallest absolute Gasteiger partial charge is 0.153 e. The molecule has 0 bridgehead atoms. The summed E-state index contributed by atoms with van der Waals surface area (Å²) in [6.07, 6.45) is 6.65. The summed E-state index contributed by atoms with van der Waals surface area (Å²) in [5.74, 6) is 5.91. The Balaban J connectivity index is 3.10. The fraction of sp³-hybridized carbons (Fsp3) is 0.833. The molecule has 0 rings (SSSR count). The van der Waals surface area contributed by atoms with E-state index in [1.807, 2.05) is 0 Å². The molecule has 1 unspecified atom stereocenters. The Bertz CT molecular complexity index is 165. The summed E-state index contributed by atoms with van der Waals surface area (Å²) in [7, 11) is 0. The maximum atomic E-state index is 8.76. The maximum Gasteiger partial charge on any atom is 0.153 e. The van der Waals surface area contributed by atoms with Gasteiger partial charge < -0.3 is 9.84 Å². The van der Waals surface area contributed by atoms with Crippen molar-refractivity contribution in [3.05, 3.63) is 0 Å². The first kappa shape index (κ1) is 13.5. The van der Waals surface area contributed by atoms with E-state index in [2.05, 4.69) is 18.8 Å². The number of aliphatic hydroxyl groups excluding tert-OH is 1. The molecule has 0 heterocycles. The van der Waals surface area contributed by atoms with Crippen LogP contribution in [0.2, 0.25) is 0 Å². The van der Waals surface area contributed by atoms with Gasteiger partial charge in [-0.05, 0) is 13.3 Å². The van der Waals surface area contributed by atoms with E-state index in [1.165, 1.54) is 32.1 Å². The summed E-state index contributed by atoms with van der Waals surface area (Å²) in [6.45, 7) is 4.15. The lowest BCUT2D eigenvalue weighted by molar-refractivity contribution is -0.0720. The first-order valence-corrected chi connectivity index (χ1v) is 5.52. The second-order valence-corrected chi connectivity index (χ2v) is 3.43. The quantitative estimate of drug-likeness (QED) is 0.387. The third-order valence-corrected chi connectivity index (χ3v) is 1.93. The minimum atomic E-state index is -0.700. The van der Waals surface area contributed by atoms with Crippen LogP contribution in [-0.4, -0.2) is 18.0 Å². The Hall–Kier alpha value is -0.520. The van der Waals surface area contributed by atoms with E-state index in [9.17, 15) is 0 Å². The monoisotopic (exact) mass is 198 g/mol. The van der Waals surface area contributed by atoms with Crippen LogP contribution in [0.15, 0.2) is 0 Å². The predicted molar refractivity (Wildman–Crippen MR) is 58.8 cm³/mol. The zero-order valence-electron chi connectivity index (χ0n) is 9.38. The minimum absolute atomic E-state index is 0.340. The van der Waals surface area contributed by atoms with Gasteiger partial charge in [0.2, 0.25) is 0 Å². The Kier molecular flexibility index (Phi) is 10.2. The second kappa shape index (κ2) is 10.6. The molecule has 0 aliphatic rings. The Labute approximate surface area is 87.7 Å². The van der Waals surface area contributed by atoms with Crippen LogP contribution in [0.5, 0.6) is 0 Å². The van der Waals surface area contributed by atoms with Crippen LogP contribution in [0.1, 0.15) is 52.4 Å². The van der Waals surface area contributed by atoms with Gasteiger partial charge in [0.25, 0.3) is 0 Å². The van der Waals surface area contributed by atoms with E-state index in [-0.39, 0.29) is 0 Å². The Morgan fingerprint density at radius 3 is 2.50 bits per heavy atom. The zero-order chi connectivity index (χ0) is 10.6. The molecule has 0 amide bonds. The van der Waals surface area contributed by atoms with Crippen LogP contribution in [0.4, 0.5) is 0 Å². The van der Waals surface area contributed by atoms with Gasteiger partial charge in [0.1, 0.15) is 6.61 Å². The van der Waals surface area contributed by atoms with Crippen LogP contribution in [0.3, 0.4) is 0 Å². The van der Waals surface area contributed by atoms with Gasteiger partial charge in [0.05, 0.1) is 0 Å². The van der Waals surface area contributed by atoms with Gasteiger partial charge >= 0.3 is 0 Å². The lowest BCUT2D eigenvalue weighted by atomic mass is 10.1. The van der Waals surface area contributed by atoms with Crippen molar-refractivity contribution in [1.82, 2.24) is 0 Å². The predicted octanol–water partition coefficient (Wildman–Crippen LogP) is 2.71. The highest BCUT2D eigenvalue weighted by Crippen LogP contribution is 2.03. The molecule has 2 heteroatoms. The topological polar surface area (TPSA) is 29.5 Å². The van der Waals surface area contributed by atoms with Crippen LogP contribution in [0.25, 0.3) is 0 Å². The fourth-order valence-corrected chi connectivity index (χ4v) is 1.12. The fourth-order valence-electron chi connectivity index (χ4n) is 1.12. The molecule has 1 N–H and O–H groups in total. The summed E-state index contributed by atoms with van der Waals surface area (Å²) in [5.41, 5.74) is 0. The van der Waals surface area contributed by atoms with Gasteiger partial charge in [-0.2, -0.15) is 0 Å². The maximum absolute atomic E-state index is 8.76. The summed E-state index contributed by atoms with van der Waals surface area (Å²) in [6, 6.07) is 0. The molecule has 14 heavy (non-hydrogen) atoms. The molecule has 0 saturated heterocycles. The van der Waals surface area contributed by atoms with E-state index < -0.39 is 6.29 Å². The van der Waals surface area contributed by atoms with E-state index in [1.54, 1.807) is 6.92 Å². The van der Waals surface area contributed by atoms with Crippen LogP contribution in [0, 0.1) is 11.8 Å². The Morgan fingerprint density at radius 1 is 1.14 bits per heavy atom. The molecule has 0 aliphatic heterocycles. The summed E-state index contributed by atoms with van der Waals surface area (Å²) < 4.78 is 4.87. The number of unbranched alkanes of at least 4 members (excludes halogenated alkanes) is 5. The van der Waals surface area contributed by atoms with E-state index in [4.69, 9.17) is 9.84 Å². The molecule has 0 saturated carbocycles. The third kappa shape index (κ3) is 11.5. The lowest BCUT2D eigenvalue weighted by Crippen LogP contribution is -2.05. The van der Waals surface area contributed by atoms with Crippen LogP contribution < -0.4 is 0 Å². The molecule has 1 atom stereocenters. The van der Waals surface area contributed by atoms with Crippen molar-refractivity contribution in [2.45, 2.75) is 58.7 Å². The summed E-state index contributed by atoms with van der Waals surface area (Å²) in [4.78, 5) is 0. The van der Waals surface area contributed by atoms with Crippen molar-refractivity contribution in [2.24, 2.45) is 0 Å². The van der Waals surface area contributed by atoms with Gasteiger partial charge in [0, 0.05) is 6.42 Å². The molecule has 0 fully saturated rings. The molecule has 0 aromatic carbocycles. The molecular weight excluding hydrogens is 176 g/mol. The average Bonchev–Trinajstić information content (AvgIpc) is 2.15. The van der Waals surface area contributed by atoms with Crippen molar-refractivity contribution in [3.63, 3.8) is 0 Å². The number of ether oxygens (including phenoxy) is 1. The molecule has 0 aliphatic carbocycles. The molecule has 0 aromatic rings.